The Labute approximate surface area is 123 Å². The molecule has 0 aliphatic carbocycles. The molecule has 0 aromatic carbocycles. The molecule has 1 N–H and O–H groups in total. The Morgan fingerprint density at radius 3 is 2.79 bits per heavy atom. The minimum Gasteiger partial charge on any atom is -0.309 e. The molecule has 0 spiro atoms. The van der Waals surface area contributed by atoms with Crippen LogP contribution in [-0.4, -0.2) is 11.5 Å². The summed E-state index contributed by atoms with van der Waals surface area (Å²) in [5.74, 6) is 0. The van der Waals surface area contributed by atoms with Crippen molar-refractivity contribution in [2.75, 3.05) is 6.54 Å². The molecule has 1 atom stereocenters. The van der Waals surface area contributed by atoms with Gasteiger partial charge in [0.2, 0.25) is 0 Å². The summed E-state index contributed by atoms with van der Waals surface area (Å²) in [4.78, 5) is 6.09. The summed E-state index contributed by atoms with van der Waals surface area (Å²) in [5, 5.41) is 9.24. The highest BCUT2D eigenvalue weighted by molar-refractivity contribution is 7.10. The lowest BCUT2D eigenvalue weighted by atomic mass is 10.0. The van der Waals surface area contributed by atoms with Crippen LogP contribution in [0.4, 0.5) is 0 Å². The maximum Gasteiger partial charge on any atom is 0.0897 e. The number of thiophene rings is 1. The fraction of sp³-hybridized carbons (Fsp3) is 0.533. The zero-order valence-electron chi connectivity index (χ0n) is 11.9. The van der Waals surface area contributed by atoms with Crippen molar-refractivity contribution in [3.05, 3.63) is 38.0 Å². The topological polar surface area (TPSA) is 24.9 Å². The standard InChI is InChI=1S/C15H22N2S2/c1-4-7-16-14(9-13-10-19-11(3)17-13)15-12(5-2)6-8-18-15/h6,8,10,14,16H,4-5,7,9H2,1-3H3. The average Bonchev–Trinajstić information content (AvgIpc) is 3.03. The summed E-state index contributed by atoms with van der Waals surface area (Å²) < 4.78 is 0. The molecular formula is C15H22N2S2. The van der Waals surface area contributed by atoms with Gasteiger partial charge in [-0.15, -0.1) is 22.7 Å². The average molecular weight is 294 g/mol. The lowest BCUT2D eigenvalue weighted by Gasteiger charge is -2.18. The van der Waals surface area contributed by atoms with Crippen LogP contribution >= 0.6 is 22.7 Å². The first-order valence-corrected chi connectivity index (χ1v) is 8.71. The molecule has 4 heteroatoms. The Morgan fingerprint density at radius 2 is 2.16 bits per heavy atom. The van der Waals surface area contributed by atoms with Gasteiger partial charge in [0.1, 0.15) is 0 Å². The maximum absolute atomic E-state index is 4.61. The van der Waals surface area contributed by atoms with Crippen LogP contribution in [0.5, 0.6) is 0 Å². The van der Waals surface area contributed by atoms with Crippen molar-refractivity contribution in [3.8, 4) is 0 Å². The molecule has 0 aliphatic rings. The van der Waals surface area contributed by atoms with Crippen LogP contribution in [0.15, 0.2) is 16.8 Å². The zero-order chi connectivity index (χ0) is 13.7. The number of thiazole rings is 1. The van der Waals surface area contributed by atoms with Crippen LogP contribution in [0.3, 0.4) is 0 Å². The van der Waals surface area contributed by atoms with Gasteiger partial charge in [-0.25, -0.2) is 4.98 Å². The lowest BCUT2D eigenvalue weighted by molar-refractivity contribution is 0.529. The number of nitrogens with one attached hydrogen (secondary N) is 1. The van der Waals surface area contributed by atoms with Crippen molar-refractivity contribution in [1.29, 1.82) is 0 Å². The van der Waals surface area contributed by atoms with Gasteiger partial charge in [0.25, 0.3) is 0 Å². The SMILES string of the molecule is CCCNC(Cc1csc(C)n1)c1sccc1CC. The Bertz CT molecular complexity index is 502. The fourth-order valence-electron chi connectivity index (χ4n) is 2.23. The molecule has 2 aromatic rings. The monoisotopic (exact) mass is 294 g/mol. The molecule has 0 saturated heterocycles. The number of nitrogens with zero attached hydrogens (tertiary/aromatic N) is 1. The Morgan fingerprint density at radius 1 is 1.32 bits per heavy atom. The van der Waals surface area contributed by atoms with Gasteiger partial charge in [0.05, 0.1) is 10.7 Å². The summed E-state index contributed by atoms with van der Waals surface area (Å²) in [6.45, 7) is 7.59. The van der Waals surface area contributed by atoms with E-state index in [1.807, 2.05) is 11.3 Å². The van der Waals surface area contributed by atoms with Crippen molar-refractivity contribution < 1.29 is 0 Å². The van der Waals surface area contributed by atoms with Gasteiger partial charge < -0.3 is 5.32 Å². The summed E-state index contributed by atoms with van der Waals surface area (Å²) in [5.41, 5.74) is 2.69. The predicted octanol–water partition coefficient (Wildman–Crippen LogP) is 4.36. The summed E-state index contributed by atoms with van der Waals surface area (Å²) in [6.07, 6.45) is 3.27. The van der Waals surface area contributed by atoms with Crippen LogP contribution in [0, 0.1) is 6.92 Å². The van der Waals surface area contributed by atoms with E-state index in [9.17, 15) is 0 Å². The Balaban J connectivity index is 2.15. The van der Waals surface area contributed by atoms with Crippen LogP contribution in [0.1, 0.15) is 47.5 Å². The van der Waals surface area contributed by atoms with Gasteiger partial charge in [0.15, 0.2) is 0 Å². The Kier molecular flexibility index (Phi) is 5.55. The Hall–Kier alpha value is -0.710. The number of hydrogen-bond donors (Lipinski definition) is 1. The molecule has 104 valence electrons. The third kappa shape index (κ3) is 3.88. The number of hydrogen-bond acceptors (Lipinski definition) is 4. The maximum atomic E-state index is 4.61. The van der Waals surface area contributed by atoms with E-state index in [1.54, 1.807) is 11.3 Å². The van der Waals surface area contributed by atoms with Crippen LogP contribution in [0.2, 0.25) is 0 Å². The van der Waals surface area contributed by atoms with Gasteiger partial charge >= 0.3 is 0 Å². The van der Waals surface area contributed by atoms with Gasteiger partial charge in [-0.05, 0) is 43.3 Å². The van der Waals surface area contributed by atoms with E-state index in [0.717, 1.165) is 24.4 Å². The molecule has 0 aliphatic heterocycles. The fourth-order valence-corrected chi connectivity index (χ4v) is 3.93. The minimum atomic E-state index is 0.413. The molecule has 0 fully saturated rings. The number of aromatic nitrogens is 1. The quantitative estimate of drug-likeness (QED) is 0.820. The minimum absolute atomic E-state index is 0.413. The third-order valence-corrected chi connectivity index (χ3v) is 5.09. The molecular weight excluding hydrogens is 272 g/mol. The molecule has 2 nitrogen and oxygen atoms in total. The van der Waals surface area contributed by atoms with Crippen LogP contribution in [-0.2, 0) is 12.8 Å². The van der Waals surface area contributed by atoms with E-state index in [2.05, 4.69) is 47.9 Å². The first-order valence-electron chi connectivity index (χ1n) is 6.95. The van der Waals surface area contributed by atoms with Crippen molar-refractivity contribution in [3.63, 3.8) is 0 Å². The van der Waals surface area contributed by atoms with Gasteiger partial charge in [-0.2, -0.15) is 0 Å². The van der Waals surface area contributed by atoms with Gasteiger partial charge in [-0.3, -0.25) is 0 Å². The lowest BCUT2D eigenvalue weighted by Crippen LogP contribution is -2.24. The smallest absolute Gasteiger partial charge is 0.0897 e. The predicted molar refractivity (Wildman–Crippen MR) is 85.3 cm³/mol. The van der Waals surface area contributed by atoms with Crippen molar-refractivity contribution >= 4 is 22.7 Å². The second kappa shape index (κ2) is 7.17. The second-order valence-corrected chi connectivity index (χ2v) is 6.74. The summed E-state index contributed by atoms with van der Waals surface area (Å²) >= 11 is 3.61. The van der Waals surface area contributed by atoms with Crippen LogP contribution in [0.25, 0.3) is 0 Å². The normalized spacial score (nSPS) is 12.8. The zero-order valence-corrected chi connectivity index (χ0v) is 13.5. The highest BCUT2D eigenvalue weighted by atomic mass is 32.1. The first-order chi connectivity index (χ1) is 9.24. The molecule has 0 bridgehead atoms. The van der Waals surface area contributed by atoms with Crippen molar-refractivity contribution in [2.45, 2.75) is 46.1 Å². The molecule has 0 radical (unpaired) electrons. The summed E-state index contributed by atoms with van der Waals surface area (Å²) in [7, 11) is 0. The molecule has 0 amide bonds. The molecule has 19 heavy (non-hydrogen) atoms. The molecule has 2 aromatic heterocycles. The second-order valence-electron chi connectivity index (χ2n) is 4.73. The molecule has 0 saturated carbocycles. The third-order valence-electron chi connectivity index (χ3n) is 3.20. The van der Waals surface area contributed by atoms with E-state index < -0.39 is 0 Å². The van der Waals surface area contributed by atoms with Crippen molar-refractivity contribution in [1.82, 2.24) is 10.3 Å². The van der Waals surface area contributed by atoms with Crippen LogP contribution < -0.4 is 5.32 Å². The van der Waals surface area contributed by atoms with Crippen molar-refractivity contribution in [2.24, 2.45) is 0 Å². The number of rotatable bonds is 7. The number of aryl methyl sites for hydroxylation is 2. The largest absolute Gasteiger partial charge is 0.309 e. The van der Waals surface area contributed by atoms with E-state index in [1.165, 1.54) is 22.6 Å². The highest BCUT2D eigenvalue weighted by Crippen LogP contribution is 2.28. The molecule has 2 heterocycles. The van der Waals surface area contributed by atoms with E-state index in [0.29, 0.717) is 6.04 Å². The van der Waals surface area contributed by atoms with E-state index in [-0.39, 0.29) is 0 Å². The first kappa shape index (κ1) is 14.7. The van der Waals surface area contributed by atoms with E-state index >= 15 is 0 Å². The van der Waals surface area contributed by atoms with E-state index in [4.69, 9.17) is 0 Å². The highest BCUT2D eigenvalue weighted by Gasteiger charge is 2.17. The summed E-state index contributed by atoms with van der Waals surface area (Å²) in [6, 6.07) is 2.67. The molecule has 2 rings (SSSR count). The molecule has 1 unspecified atom stereocenters. The van der Waals surface area contributed by atoms with Gasteiger partial charge in [0, 0.05) is 22.7 Å². The van der Waals surface area contributed by atoms with Gasteiger partial charge in [-0.1, -0.05) is 13.8 Å².